The zero-order chi connectivity index (χ0) is 12.5. The summed E-state index contributed by atoms with van der Waals surface area (Å²) in [5.41, 5.74) is 1.90. The largest absolute Gasteiger partial charge is 0.497 e. The molecule has 0 bridgehead atoms. The van der Waals surface area contributed by atoms with E-state index in [1.807, 2.05) is 24.3 Å². The van der Waals surface area contributed by atoms with Gasteiger partial charge in [-0.15, -0.1) is 0 Å². The van der Waals surface area contributed by atoms with Crippen molar-refractivity contribution in [1.29, 1.82) is 0 Å². The molecule has 3 rings (SSSR count). The van der Waals surface area contributed by atoms with E-state index in [0.29, 0.717) is 6.61 Å². The fourth-order valence-electron chi connectivity index (χ4n) is 2.27. The average molecular weight is 246 g/mol. The van der Waals surface area contributed by atoms with Crippen LogP contribution < -0.4 is 4.74 Å². The molecular weight excluding hydrogens is 232 g/mol. The summed E-state index contributed by atoms with van der Waals surface area (Å²) in [6, 6.07) is 7.82. The third kappa shape index (κ3) is 1.81. The zero-order valence-electron chi connectivity index (χ0n) is 10.1. The SMILES string of the molecule is COc1cccc(C2=NN3C(=O)OCC3CC2)c1. The number of hydrogen-bond donors (Lipinski definition) is 0. The molecule has 0 spiro atoms. The Bertz CT molecular complexity index is 513. The molecule has 2 aliphatic rings. The number of carbonyl (C=O) groups excluding carboxylic acids is 1. The van der Waals surface area contributed by atoms with Crippen LogP contribution in [-0.4, -0.2) is 36.6 Å². The molecule has 0 aliphatic carbocycles. The van der Waals surface area contributed by atoms with Crippen LogP contribution >= 0.6 is 0 Å². The molecule has 5 heteroatoms. The fourth-order valence-corrected chi connectivity index (χ4v) is 2.27. The molecule has 0 N–H and O–H groups in total. The molecule has 0 radical (unpaired) electrons. The highest BCUT2D eigenvalue weighted by molar-refractivity contribution is 6.01. The van der Waals surface area contributed by atoms with Crippen LogP contribution in [0.3, 0.4) is 0 Å². The summed E-state index contributed by atoms with van der Waals surface area (Å²) >= 11 is 0. The predicted octanol–water partition coefficient (Wildman–Crippen LogP) is 2.01. The Balaban J connectivity index is 1.92. The molecule has 1 atom stereocenters. The van der Waals surface area contributed by atoms with Crippen molar-refractivity contribution in [2.45, 2.75) is 18.9 Å². The number of nitrogens with zero attached hydrogens (tertiary/aromatic N) is 2. The molecule has 18 heavy (non-hydrogen) atoms. The first-order valence-corrected chi connectivity index (χ1v) is 5.96. The molecular formula is C13H14N2O3. The molecule has 2 aliphatic heterocycles. The number of carbonyl (C=O) groups is 1. The van der Waals surface area contributed by atoms with Crippen LogP contribution in [0, 0.1) is 0 Å². The molecule has 2 heterocycles. The summed E-state index contributed by atoms with van der Waals surface area (Å²) in [5.74, 6) is 0.793. The van der Waals surface area contributed by atoms with Gasteiger partial charge in [-0.2, -0.15) is 10.1 Å². The van der Waals surface area contributed by atoms with E-state index in [1.54, 1.807) is 7.11 Å². The highest BCUT2D eigenvalue weighted by atomic mass is 16.6. The minimum atomic E-state index is -0.347. The molecule has 5 nitrogen and oxygen atoms in total. The normalized spacial score (nSPS) is 22.3. The monoisotopic (exact) mass is 246 g/mol. The van der Waals surface area contributed by atoms with Crippen molar-refractivity contribution in [3.63, 3.8) is 0 Å². The predicted molar refractivity (Wildman–Crippen MR) is 65.7 cm³/mol. The van der Waals surface area contributed by atoms with Gasteiger partial charge < -0.3 is 9.47 Å². The molecule has 0 aromatic heterocycles. The second kappa shape index (κ2) is 4.33. The number of amides is 1. The quantitative estimate of drug-likeness (QED) is 0.802. The first-order valence-electron chi connectivity index (χ1n) is 5.96. The third-order valence-electron chi connectivity index (χ3n) is 3.28. The van der Waals surface area contributed by atoms with Crippen LogP contribution in [0.25, 0.3) is 0 Å². The van der Waals surface area contributed by atoms with Gasteiger partial charge in [-0.3, -0.25) is 0 Å². The van der Waals surface area contributed by atoms with E-state index in [0.717, 1.165) is 29.9 Å². The van der Waals surface area contributed by atoms with E-state index in [-0.39, 0.29) is 12.1 Å². The smallest absolute Gasteiger partial charge is 0.430 e. The average Bonchev–Trinajstić information content (AvgIpc) is 2.80. The number of fused-ring (bicyclic) bond motifs is 1. The zero-order valence-corrected chi connectivity index (χ0v) is 10.1. The number of hydrogen-bond acceptors (Lipinski definition) is 4. The number of cyclic esters (lactones) is 1. The topological polar surface area (TPSA) is 51.1 Å². The summed E-state index contributed by atoms with van der Waals surface area (Å²) in [7, 11) is 1.63. The number of benzene rings is 1. The summed E-state index contributed by atoms with van der Waals surface area (Å²) in [6.07, 6.45) is 1.40. The summed E-state index contributed by atoms with van der Waals surface area (Å²) in [5, 5.41) is 5.85. The van der Waals surface area contributed by atoms with Crippen LogP contribution in [0.2, 0.25) is 0 Å². The van der Waals surface area contributed by atoms with Gasteiger partial charge in [0.05, 0.1) is 18.9 Å². The first kappa shape index (κ1) is 11.1. The van der Waals surface area contributed by atoms with Crippen molar-refractivity contribution in [3.05, 3.63) is 29.8 Å². The van der Waals surface area contributed by atoms with E-state index in [1.165, 1.54) is 5.01 Å². The standard InChI is InChI=1S/C13H14N2O3/c1-17-11-4-2-3-9(7-11)12-6-5-10-8-18-13(16)15(10)14-12/h2-4,7,10H,5-6,8H2,1H3. The Morgan fingerprint density at radius 3 is 3.22 bits per heavy atom. The van der Waals surface area contributed by atoms with E-state index in [9.17, 15) is 4.79 Å². The minimum Gasteiger partial charge on any atom is -0.497 e. The Hall–Kier alpha value is -2.04. The highest BCUT2D eigenvalue weighted by Crippen LogP contribution is 2.25. The maximum absolute atomic E-state index is 11.5. The van der Waals surface area contributed by atoms with E-state index in [2.05, 4.69) is 5.10 Å². The van der Waals surface area contributed by atoms with Gasteiger partial charge in [-0.1, -0.05) is 12.1 Å². The number of methoxy groups -OCH3 is 1. The van der Waals surface area contributed by atoms with Crippen molar-refractivity contribution in [1.82, 2.24) is 5.01 Å². The van der Waals surface area contributed by atoms with Gasteiger partial charge in [0, 0.05) is 5.56 Å². The van der Waals surface area contributed by atoms with E-state index in [4.69, 9.17) is 9.47 Å². The van der Waals surface area contributed by atoms with Crippen molar-refractivity contribution in [2.75, 3.05) is 13.7 Å². The van der Waals surface area contributed by atoms with Crippen LogP contribution in [0.1, 0.15) is 18.4 Å². The van der Waals surface area contributed by atoms with Crippen LogP contribution in [0.5, 0.6) is 5.75 Å². The van der Waals surface area contributed by atoms with Gasteiger partial charge in [0.15, 0.2) is 0 Å². The summed E-state index contributed by atoms with van der Waals surface area (Å²) in [6.45, 7) is 0.452. The molecule has 1 saturated heterocycles. The third-order valence-corrected chi connectivity index (χ3v) is 3.28. The van der Waals surface area contributed by atoms with Crippen LogP contribution in [0.4, 0.5) is 4.79 Å². The minimum absolute atomic E-state index is 0.104. The molecule has 1 fully saturated rings. The first-order chi connectivity index (χ1) is 8.78. The molecule has 1 amide bonds. The highest BCUT2D eigenvalue weighted by Gasteiger charge is 2.36. The van der Waals surface area contributed by atoms with Crippen molar-refractivity contribution >= 4 is 11.8 Å². The number of ether oxygens (including phenoxy) is 2. The van der Waals surface area contributed by atoms with Gasteiger partial charge in [-0.05, 0) is 25.0 Å². The lowest BCUT2D eigenvalue weighted by molar-refractivity contribution is 0.158. The Morgan fingerprint density at radius 1 is 1.50 bits per heavy atom. The Morgan fingerprint density at radius 2 is 2.39 bits per heavy atom. The van der Waals surface area contributed by atoms with Crippen molar-refractivity contribution in [3.8, 4) is 5.75 Å². The van der Waals surface area contributed by atoms with Gasteiger partial charge in [0.2, 0.25) is 0 Å². The van der Waals surface area contributed by atoms with Gasteiger partial charge in [0.25, 0.3) is 0 Å². The van der Waals surface area contributed by atoms with Crippen molar-refractivity contribution < 1.29 is 14.3 Å². The lowest BCUT2D eigenvalue weighted by atomic mass is 10.0. The lowest BCUT2D eigenvalue weighted by Crippen LogP contribution is -2.34. The maximum Gasteiger partial charge on any atom is 0.430 e. The maximum atomic E-state index is 11.5. The molecule has 1 unspecified atom stereocenters. The Kier molecular flexibility index (Phi) is 2.66. The summed E-state index contributed by atoms with van der Waals surface area (Å²) in [4.78, 5) is 11.5. The molecule has 94 valence electrons. The lowest BCUT2D eigenvalue weighted by Gasteiger charge is -2.23. The van der Waals surface area contributed by atoms with Crippen LogP contribution in [-0.2, 0) is 4.74 Å². The van der Waals surface area contributed by atoms with Gasteiger partial charge in [0.1, 0.15) is 12.4 Å². The van der Waals surface area contributed by atoms with Crippen molar-refractivity contribution in [2.24, 2.45) is 5.10 Å². The molecule has 1 aromatic carbocycles. The number of hydrazone groups is 1. The van der Waals surface area contributed by atoms with Gasteiger partial charge in [-0.25, -0.2) is 4.79 Å². The van der Waals surface area contributed by atoms with Gasteiger partial charge >= 0.3 is 6.09 Å². The molecule has 1 aromatic rings. The van der Waals surface area contributed by atoms with E-state index < -0.39 is 0 Å². The summed E-state index contributed by atoms with van der Waals surface area (Å²) < 4.78 is 10.2. The second-order valence-electron chi connectivity index (χ2n) is 4.39. The fraction of sp³-hybridized carbons (Fsp3) is 0.385. The van der Waals surface area contributed by atoms with E-state index >= 15 is 0 Å². The van der Waals surface area contributed by atoms with Crippen LogP contribution in [0.15, 0.2) is 29.4 Å². The second-order valence-corrected chi connectivity index (χ2v) is 4.39. The molecule has 0 saturated carbocycles. The number of rotatable bonds is 2. The Labute approximate surface area is 105 Å².